The van der Waals surface area contributed by atoms with E-state index < -0.39 is 54.0 Å². The van der Waals surface area contributed by atoms with E-state index in [0.717, 1.165) is 12.8 Å². The lowest BCUT2D eigenvalue weighted by Gasteiger charge is -2.35. The molecule has 0 spiro atoms. The van der Waals surface area contributed by atoms with E-state index in [1.807, 2.05) is 0 Å². The number of nitrogens with one attached hydrogen (secondary N) is 1. The Morgan fingerprint density at radius 1 is 0.978 bits per heavy atom. The summed E-state index contributed by atoms with van der Waals surface area (Å²) in [6.07, 6.45) is 1.75. The molecule has 0 bridgehead atoms. The van der Waals surface area contributed by atoms with E-state index in [9.17, 15) is 39.6 Å². The number of phenols is 2. The summed E-state index contributed by atoms with van der Waals surface area (Å²) in [6, 6.07) is 7.85. The van der Waals surface area contributed by atoms with Gasteiger partial charge in [0, 0.05) is 38.4 Å². The minimum Gasteiger partial charge on any atom is -0.508 e. The van der Waals surface area contributed by atoms with Gasteiger partial charge in [0.15, 0.2) is 0 Å². The summed E-state index contributed by atoms with van der Waals surface area (Å²) in [5, 5.41) is 42.5. The maximum atomic E-state index is 14.1. The summed E-state index contributed by atoms with van der Waals surface area (Å²) < 4.78 is 0. The van der Waals surface area contributed by atoms with Crippen LogP contribution in [0.25, 0.3) is 0 Å². The van der Waals surface area contributed by atoms with E-state index in [0.29, 0.717) is 36.3 Å². The number of nitrogens with two attached hydrogens (primary N) is 1. The lowest BCUT2D eigenvalue weighted by atomic mass is 9.99. The molecule has 3 rings (SSSR count). The molecule has 7 N–H and O–H groups in total. The van der Waals surface area contributed by atoms with Crippen LogP contribution in [-0.2, 0) is 32.0 Å². The molecule has 1 aliphatic rings. The second kappa shape index (κ2) is 17.0. The number of aliphatic carboxylic acids is 1. The van der Waals surface area contributed by atoms with Gasteiger partial charge in [-0.25, -0.2) is 4.79 Å². The monoisotopic (exact) mass is 646 g/mol. The fourth-order valence-corrected chi connectivity index (χ4v) is 5.64. The van der Waals surface area contributed by atoms with E-state index in [4.69, 9.17) is 17.3 Å². The number of rotatable bonds is 16. The van der Waals surface area contributed by atoms with Crippen LogP contribution in [0.5, 0.6) is 11.5 Å². The molecular weight excluding hydrogens is 604 g/mol. The van der Waals surface area contributed by atoms with Gasteiger partial charge in [-0.1, -0.05) is 37.1 Å². The Balaban J connectivity index is 1.89. The van der Waals surface area contributed by atoms with Gasteiger partial charge in [0.2, 0.25) is 11.8 Å². The van der Waals surface area contributed by atoms with Crippen molar-refractivity contribution in [2.75, 3.05) is 19.5 Å². The van der Waals surface area contributed by atoms with Gasteiger partial charge in [0.1, 0.15) is 35.7 Å². The molecule has 1 fully saturated rings. The second-order valence-electron chi connectivity index (χ2n) is 11.4. The van der Waals surface area contributed by atoms with Crippen molar-refractivity contribution >= 4 is 35.3 Å². The Morgan fingerprint density at radius 2 is 1.56 bits per heavy atom. The van der Waals surface area contributed by atoms with Gasteiger partial charge in [-0.3, -0.25) is 14.4 Å². The van der Waals surface area contributed by atoms with Crippen LogP contribution in [0.1, 0.15) is 49.7 Å². The van der Waals surface area contributed by atoms with Crippen LogP contribution in [-0.4, -0.2) is 104 Å². The third kappa shape index (κ3) is 10.1. The van der Waals surface area contributed by atoms with Crippen molar-refractivity contribution < 1.29 is 39.6 Å². The van der Waals surface area contributed by atoms with Gasteiger partial charge in [0.25, 0.3) is 5.91 Å². The number of halogens is 1. The minimum absolute atomic E-state index is 0.0106. The number of phenolic OH excluding ortho intramolecular Hbond substituents is 2. The van der Waals surface area contributed by atoms with Gasteiger partial charge in [0.05, 0.1) is 0 Å². The Hall–Kier alpha value is -3.87. The molecule has 13 heteroatoms. The number of aliphatic hydroxyl groups is 1. The number of hydrogen-bond donors (Lipinski definition) is 6. The van der Waals surface area contributed by atoms with Crippen LogP contribution in [0.3, 0.4) is 0 Å². The molecule has 2 aromatic carbocycles. The molecule has 1 heterocycles. The third-order valence-electron chi connectivity index (χ3n) is 8.12. The van der Waals surface area contributed by atoms with Crippen LogP contribution in [0, 0.1) is 0 Å². The summed E-state index contributed by atoms with van der Waals surface area (Å²) in [6.45, 7) is 0.215. The summed E-state index contributed by atoms with van der Waals surface area (Å²) in [4.78, 5) is 55.5. The number of nitrogens with zero attached hydrogens (tertiary/aromatic N) is 2. The number of hydrogen-bond acceptors (Lipinski definition) is 8. The number of aromatic hydroxyl groups is 2. The maximum absolute atomic E-state index is 14.1. The average molecular weight is 647 g/mol. The highest BCUT2D eigenvalue weighted by molar-refractivity contribution is 6.17. The molecule has 0 saturated carbocycles. The zero-order chi connectivity index (χ0) is 33.1. The quantitative estimate of drug-likeness (QED) is 0.116. The number of carbonyl (C=O) groups is 4. The lowest BCUT2D eigenvalue weighted by molar-refractivity contribution is -0.153. The van der Waals surface area contributed by atoms with E-state index >= 15 is 0 Å². The van der Waals surface area contributed by atoms with Crippen LogP contribution < -0.4 is 11.1 Å². The third-order valence-corrected chi connectivity index (χ3v) is 8.39. The number of unbranched alkanes of at least 4 members (excludes halogenated alkanes) is 2. The molecule has 12 nitrogen and oxygen atoms in total. The van der Waals surface area contributed by atoms with Crippen LogP contribution >= 0.6 is 11.6 Å². The van der Waals surface area contributed by atoms with Crippen molar-refractivity contribution in [3.05, 3.63) is 59.7 Å². The van der Waals surface area contributed by atoms with Crippen molar-refractivity contribution in [3.8, 4) is 11.5 Å². The number of benzene rings is 2. The zero-order valence-electron chi connectivity index (χ0n) is 25.3. The van der Waals surface area contributed by atoms with Crippen molar-refractivity contribution in [2.24, 2.45) is 5.73 Å². The maximum Gasteiger partial charge on any atom is 0.326 e. The molecule has 0 aromatic heterocycles. The first-order valence-corrected chi connectivity index (χ1v) is 15.6. The lowest BCUT2D eigenvalue weighted by Crippen LogP contribution is -2.59. The number of likely N-dealkylation sites (tertiary alicyclic amines) is 1. The Bertz CT molecular complexity index is 1290. The van der Waals surface area contributed by atoms with Gasteiger partial charge in [-0.2, -0.15) is 0 Å². The number of carboxylic acids is 1. The Labute approximate surface area is 267 Å². The summed E-state index contributed by atoms with van der Waals surface area (Å²) in [7, 11) is 1.41. The van der Waals surface area contributed by atoms with Gasteiger partial charge < -0.3 is 41.3 Å². The molecule has 1 saturated heterocycles. The number of likely N-dealkylation sites (N-methyl/N-ethyl adjacent to an activating group) is 1. The molecule has 0 radical (unpaired) electrons. The fraction of sp³-hybridized carbons (Fsp3) is 0.500. The minimum atomic E-state index is -1.60. The number of amides is 3. The van der Waals surface area contributed by atoms with Crippen LogP contribution in [0.4, 0.5) is 0 Å². The molecule has 45 heavy (non-hydrogen) atoms. The molecule has 1 aliphatic heterocycles. The Morgan fingerprint density at radius 3 is 2.11 bits per heavy atom. The normalized spacial score (nSPS) is 17.2. The summed E-state index contributed by atoms with van der Waals surface area (Å²) >= 11 is 5.71. The predicted octanol–water partition coefficient (Wildman–Crippen LogP) is 1.76. The van der Waals surface area contributed by atoms with Crippen molar-refractivity contribution in [1.29, 1.82) is 0 Å². The molecule has 0 aliphatic carbocycles. The van der Waals surface area contributed by atoms with Crippen LogP contribution in [0.15, 0.2) is 48.5 Å². The molecule has 246 valence electrons. The first-order chi connectivity index (χ1) is 21.4. The first kappa shape index (κ1) is 35.6. The summed E-state index contributed by atoms with van der Waals surface area (Å²) in [5.41, 5.74) is 7.30. The summed E-state index contributed by atoms with van der Waals surface area (Å²) in [5.74, 6) is -2.67. The Kier molecular flexibility index (Phi) is 13.4. The highest BCUT2D eigenvalue weighted by atomic mass is 35.5. The standard InChI is InChI=1S/C32H43ClN4O8/c1-36(27(19-21-10-14-23(39)15-11-21)31(43)37-17-5-7-26(37)32(44)45)30(42)25(18-20-8-12-22(38)13-9-20)35-29(41)28(40)24(34)6-3-2-4-16-33/h8-15,24-28,38-40H,2-7,16-19,34H2,1H3,(H,35,41)(H,44,45)/t24-,25+,26+,27-,28+/m0/s1. The van der Waals surface area contributed by atoms with E-state index in [2.05, 4.69) is 5.32 Å². The highest BCUT2D eigenvalue weighted by Gasteiger charge is 2.41. The topological polar surface area (TPSA) is 194 Å². The number of aliphatic hydroxyl groups excluding tert-OH is 1. The van der Waals surface area contributed by atoms with Crippen molar-refractivity contribution in [2.45, 2.75) is 81.6 Å². The predicted molar refractivity (Wildman–Crippen MR) is 168 cm³/mol. The first-order valence-electron chi connectivity index (χ1n) is 15.1. The van der Waals surface area contributed by atoms with Gasteiger partial charge >= 0.3 is 5.97 Å². The van der Waals surface area contributed by atoms with E-state index in [-0.39, 0.29) is 37.3 Å². The average Bonchev–Trinajstić information content (AvgIpc) is 3.53. The SMILES string of the molecule is CN(C(=O)[C@@H](Cc1ccc(O)cc1)NC(=O)[C@H](O)[C@@H](N)CCCCCCl)[C@@H](Cc1ccc(O)cc1)C(=O)N1CCC[C@@H]1C(=O)O. The second-order valence-corrected chi connectivity index (χ2v) is 11.8. The van der Waals surface area contributed by atoms with E-state index in [1.165, 1.54) is 41.1 Å². The zero-order valence-corrected chi connectivity index (χ0v) is 26.1. The number of carbonyl (C=O) groups excluding carboxylic acids is 3. The van der Waals surface area contributed by atoms with Crippen LogP contribution in [0.2, 0.25) is 0 Å². The number of carboxylic acid groups (broad SMARTS) is 1. The van der Waals surface area contributed by atoms with Gasteiger partial charge in [-0.05, 0) is 61.1 Å². The van der Waals surface area contributed by atoms with Crippen molar-refractivity contribution in [1.82, 2.24) is 15.1 Å². The molecule has 5 atom stereocenters. The highest BCUT2D eigenvalue weighted by Crippen LogP contribution is 2.23. The van der Waals surface area contributed by atoms with Gasteiger partial charge in [-0.15, -0.1) is 11.6 Å². The largest absolute Gasteiger partial charge is 0.508 e. The number of alkyl halides is 1. The van der Waals surface area contributed by atoms with E-state index in [1.54, 1.807) is 24.3 Å². The molecule has 0 unspecified atom stereocenters. The fourth-order valence-electron chi connectivity index (χ4n) is 5.45. The smallest absolute Gasteiger partial charge is 0.326 e. The molecule has 2 aromatic rings. The molecule has 3 amide bonds. The molecular formula is C32H43ClN4O8. The van der Waals surface area contributed by atoms with Crippen molar-refractivity contribution in [3.63, 3.8) is 0 Å².